The minimum atomic E-state index is -0.126. The average Bonchev–Trinajstić information content (AvgIpc) is 2.74. The van der Waals surface area contributed by atoms with Crippen molar-refractivity contribution in [2.24, 2.45) is 5.73 Å². The lowest BCUT2D eigenvalue weighted by Crippen LogP contribution is -2.12. The number of furan rings is 1. The molecule has 0 aromatic carbocycles. The lowest BCUT2D eigenvalue weighted by Gasteiger charge is -2.04. The Morgan fingerprint density at radius 1 is 1.62 bits per heavy atom. The van der Waals surface area contributed by atoms with Crippen molar-refractivity contribution in [3.8, 4) is 0 Å². The maximum absolute atomic E-state index is 5.87. The second kappa shape index (κ2) is 3.68. The minimum absolute atomic E-state index is 0.126. The van der Waals surface area contributed by atoms with Crippen LogP contribution in [-0.2, 0) is 6.42 Å². The van der Waals surface area contributed by atoms with Crippen LogP contribution in [0.3, 0.4) is 0 Å². The van der Waals surface area contributed by atoms with Gasteiger partial charge in [-0.05, 0) is 23.7 Å². The largest absolute Gasteiger partial charge is 0.468 e. The molecule has 0 aliphatic rings. The van der Waals surface area contributed by atoms with Crippen LogP contribution in [0.5, 0.6) is 0 Å². The van der Waals surface area contributed by atoms with Crippen molar-refractivity contribution in [2.45, 2.75) is 12.5 Å². The predicted molar refractivity (Wildman–Crippen MR) is 49.2 cm³/mol. The number of nitrogens with zero attached hydrogens (tertiary/aromatic N) is 2. The lowest BCUT2D eigenvalue weighted by molar-refractivity contribution is 0.463. The maximum Gasteiger partial charge on any atom is 0.120 e. The van der Waals surface area contributed by atoms with Gasteiger partial charge in [0.15, 0.2) is 0 Å². The third-order valence-corrected chi connectivity index (χ3v) is 2.30. The first-order chi connectivity index (χ1) is 6.36. The van der Waals surface area contributed by atoms with Crippen LogP contribution in [0.1, 0.15) is 17.5 Å². The number of hydrogen-bond acceptors (Lipinski definition) is 5. The Bertz CT molecular complexity index is 343. The van der Waals surface area contributed by atoms with Crippen LogP contribution >= 0.6 is 11.5 Å². The summed E-state index contributed by atoms with van der Waals surface area (Å²) in [5.74, 6) is 0.785. The van der Waals surface area contributed by atoms with E-state index in [0.717, 1.165) is 11.5 Å². The van der Waals surface area contributed by atoms with Crippen LogP contribution in [-0.4, -0.2) is 9.59 Å². The topological polar surface area (TPSA) is 64.9 Å². The normalized spacial score (nSPS) is 13.0. The van der Waals surface area contributed by atoms with Crippen molar-refractivity contribution >= 4 is 11.5 Å². The zero-order valence-electron chi connectivity index (χ0n) is 6.88. The Morgan fingerprint density at radius 2 is 2.54 bits per heavy atom. The van der Waals surface area contributed by atoms with Crippen LogP contribution in [0, 0.1) is 0 Å². The van der Waals surface area contributed by atoms with E-state index in [1.165, 1.54) is 11.5 Å². The van der Waals surface area contributed by atoms with Crippen LogP contribution in [0.2, 0.25) is 0 Å². The molecule has 0 aliphatic heterocycles. The SMILES string of the molecule is NC(Cc1csnn1)c1ccco1. The monoisotopic (exact) mass is 195 g/mol. The van der Waals surface area contributed by atoms with Gasteiger partial charge in [0, 0.05) is 11.8 Å². The molecule has 2 rings (SSSR count). The van der Waals surface area contributed by atoms with Gasteiger partial charge >= 0.3 is 0 Å². The van der Waals surface area contributed by atoms with Gasteiger partial charge in [-0.15, -0.1) is 5.10 Å². The van der Waals surface area contributed by atoms with Crippen LogP contribution < -0.4 is 5.73 Å². The first kappa shape index (κ1) is 8.40. The Morgan fingerprint density at radius 3 is 3.15 bits per heavy atom. The molecule has 0 saturated heterocycles. The summed E-state index contributed by atoms with van der Waals surface area (Å²) in [6.07, 6.45) is 2.29. The molecule has 2 aromatic rings. The molecule has 2 aromatic heterocycles. The fourth-order valence-electron chi connectivity index (χ4n) is 1.10. The highest BCUT2D eigenvalue weighted by Gasteiger charge is 2.10. The fraction of sp³-hybridized carbons (Fsp3) is 0.250. The Kier molecular flexibility index (Phi) is 2.37. The molecule has 0 fully saturated rings. The number of aromatic nitrogens is 2. The molecule has 0 aliphatic carbocycles. The van der Waals surface area contributed by atoms with Crippen molar-refractivity contribution in [1.29, 1.82) is 0 Å². The summed E-state index contributed by atoms with van der Waals surface area (Å²) >= 11 is 1.33. The van der Waals surface area contributed by atoms with Crippen LogP contribution in [0.4, 0.5) is 0 Å². The van der Waals surface area contributed by atoms with Crippen molar-refractivity contribution in [3.05, 3.63) is 35.2 Å². The van der Waals surface area contributed by atoms with Crippen molar-refractivity contribution in [3.63, 3.8) is 0 Å². The van der Waals surface area contributed by atoms with E-state index < -0.39 is 0 Å². The molecular weight excluding hydrogens is 186 g/mol. The lowest BCUT2D eigenvalue weighted by atomic mass is 10.1. The van der Waals surface area contributed by atoms with Crippen LogP contribution in [0.25, 0.3) is 0 Å². The summed E-state index contributed by atoms with van der Waals surface area (Å²) in [5, 5.41) is 5.80. The second-order valence-electron chi connectivity index (χ2n) is 2.72. The number of nitrogens with two attached hydrogens (primary N) is 1. The van der Waals surface area contributed by atoms with E-state index in [1.54, 1.807) is 6.26 Å². The predicted octanol–water partition coefficient (Wildman–Crippen LogP) is 1.37. The summed E-state index contributed by atoms with van der Waals surface area (Å²) in [5.41, 5.74) is 6.78. The zero-order valence-corrected chi connectivity index (χ0v) is 7.70. The van der Waals surface area contributed by atoms with Gasteiger partial charge in [0.1, 0.15) is 5.76 Å². The second-order valence-corrected chi connectivity index (χ2v) is 3.33. The smallest absolute Gasteiger partial charge is 0.120 e. The third-order valence-electron chi connectivity index (χ3n) is 1.74. The molecule has 1 atom stereocenters. The van der Waals surface area contributed by atoms with Gasteiger partial charge in [-0.25, -0.2) is 0 Å². The first-order valence-electron chi connectivity index (χ1n) is 3.91. The van der Waals surface area contributed by atoms with Gasteiger partial charge in [-0.2, -0.15) is 0 Å². The van der Waals surface area contributed by atoms with E-state index in [2.05, 4.69) is 9.59 Å². The van der Waals surface area contributed by atoms with E-state index in [-0.39, 0.29) is 6.04 Å². The highest BCUT2D eigenvalue weighted by atomic mass is 32.1. The van der Waals surface area contributed by atoms with E-state index in [1.807, 2.05) is 17.5 Å². The molecule has 0 bridgehead atoms. The molecule has 2 N–H and O–H groups in total. The number of hydrogen-bond donors (Lipinski definition) is 1. The van der Waals surface area contributed by atoms with E-state index >= 15 is 0 Å². The Balaban J connectivity index is 2.04. The zero-order chi connectivity index (χ0) is 9.10. The van der Waals surface area contributed by atoms with Crippen molar-refractivity contribution < 1.29 is 4.42 Å². The third kappa shape index (κ3) is 1.93. The van der Waals surface area contributed by atoms with Gasteiger partial charge in [-0.3, -0.25) is 0 Å². The molecule has 0 amide bonds. The van der Waals surface area contributed by atoms with Crippen molar-refractivity contribution in [2.75, 3.05) is 0 Å². The quantitative estimate of drug-likeness (QED) is 0.803. The summed E-state index contributed by atoms with van der Waals surface area (Å²) in [6.45, 7) is 0. The Hall–Kier alpha value is -1.20. The van der Waals surface area contributed by atoms with Gasteiger partial charge in [0.25, 0.3) is 0 Å². The molecule has 13 heavy (non-hydrogen) atoms. The van der Waals surface area contributed by atoms with Gasteiger partial charge in [0.2, 0.25) is 0 Å². The standard InChI is InChI=1S/C8H9N3OS/c9-7(8-2-1-3-12-8)4-6-5-13-11-10-6/h1-3,5,7H,4,9H2. The molecule has 1 unspecified atom stereocenters. The highest BCUT2D eigenvalue weighted by Crippen LogP contribution is 2.15. The molecular formula is C8H9N3OS. The molecule has 5 heteroatoms. The molecule has 0 radical (unpaired) electrons. The van der Waals surface area contributed by atoms with E-state index in [4.69, 9.17) is 10.2 Å². The maximum atomic E-state index is 5.87. The summed E-state index contributed by atoms with van der Waals surface area (Å²) < 4.78 is 8.94. The molecule has 68 valence electrons. The van der Waals surface area contributed by atoms with Crippen LogP contribution in [0.15, 0.2) is 28.2 Å². The van der Waals surface area contributed by atoms with E-state index in [0.29, 0.717) is 6.42 Å². The van der Waals surface area contributed by atoms with Gasteiger partial charge in [-0.1, -0.05) is 4.49 Å². The molecule has 0 spiro atoms. The Labute approximate surface area is 79.5 Å². The van der Waals surface area contributed by atoms with Gasteiger partial charge in [0.05, 0.1) is 18.0 Å². The number of rotatable bonds is 3. The molecule has 4 nitrogen and oxygen atoms in total. The highest BCUT2D eigenvalue weighted by molar-refractivity contribution is 7.03. The summed E-state index contributed by atoms with van der Waals surface area (Å²) in [7, 11) is 0. The minimum Gasteiger partial charge on any atom is -0.468 e. The average molecular weight is 195 g/mol. The van der Waals surface area contributed by atoms with Gasteiger partial charge < -0.3 is 10.2 Å². The molecule has 0 saturated carbocycles. The summed E-state index contributed by atoms with van der Waals surface area (Å²) in [6, 6.07) is 3.57. The molecule has 2 heterocycles. The fourth-order valence-corrected chi connectivity index (χ4v) is 1.57. The first-order valence-corrected chi connectivity index (χ1v) is 4.75. The summed E-state index contributed by atoms with van der Waals surface area (Å²) in [4.78, 5) is 0. The van der Waals surface area contributed by atoms with E-state index in [9.17, 15) is 0 Å². The van der Waals surface area contributed by atoms with Crippen molar-refractivity contribution in [1.82, 2.24) is 9.59 Å².